The van der Waals surface area contributed by atoms with Crippen molar-refractivity contribution in [2.24, 2.45) is 0 Å². The van der Waals surface area contributed by atoms with Crippen LogP contribution in [0.15, 0.2) is 73.3 Å². The fourth-order valence-electron chi connectivity index (χ4n) is 3.67. The lowest BCUT2D eigenvalue weighted by Gasteiger charge is -2.39. The highest BCUT2D eigenvalue weighted by Crippen LogP contribution is 2.29. The van der Waals surface area contributed by atoms with Gasteiger partial charge in [-0.1, -0.05) is 66.7 Å². The maximum atomic E-state index is 12.4. The van der Waals surface area contributed by atoms with Crippen molar-refractivity contribution in [2.45, 2.75) is 6.04 Å². The van der Waals surface area contributed by atoms with Crippen LogP contribution >= 0.6 is 0 Å². The van der Waals surface area contributed by atoms with Crippen LogP contribution < -0.4 is 5.32 Å². The van der Waals surface area contributed by atoms with Gasteiger partial charge in [0.15, 0.2) is 0 Å². The largest absolute Gasteiger partial charge is 0.362 e. The molecule has 6 heteroatoms. The number of nitrogens with zero attached hydrogens (tertiary/aromatic N) is 2. The van der Waals surface area contributed by atoms with Crippen LogP contribution in [0.4, 0.5) is 0 Å². The molecule has 0 bridgehead atoms. The van der Waals surface area contributed by atoms with Crippen LogP contribution in [0, 0.1) is 0 Å². The van der Waals surface area contributed by atoms with E-state index in [1.54, 1.807) is 6.08 Å². The zero-order valence-electron chi connectivity index (χ0n) is 17.2. The number of hydrogen-bond acceptors (Lipinski definition) is 4. The molecule has 3 rings (SSSR count). The molecule has 1 saturated heterocycles. The minimum absolute atomic E-state index is 0.0810. The lowest BCUT2D eigenvalue weighted by Crippen LogP contribution is -2.50. The Kier molecular flexibility index (Phi) is 8.18. The highest BCUT2D eigenvalue weighted by atomic mass is 16.5. The summed E-state index contributed by atoms with van der Waals surface area (Å²) in [6.07, 6.45) is 1.60. The normalized spacial score (nSPS) is 14.5. The molecule has 0 aliphatic carbocycles. The predicted octanol–water partition coefficient (Wildman–Crippen LogP) is 2.24. The third-order valence-corrected chi connectivity index (χ3v) is 5.16. The van der Waals surface area contributed by atoms with Gasteiger partial charge < -0.3 is 15.0 Å². The van der Waals surface area contributed by atoms with Crippen molar-refractivity contribution in [3.05, 3.63) is 84.4 Å². The van der Waals surface area contributed by atoms with E-state index < -0.39 is 0 Å². The monoisotopic (exact) mass is 407 g/mol. The SMILES string of the molecule is C=CCNC(=O)COCC(=O)N1CCN(C(c2ccccc2)c2ccccc2)CC1. The van der Waals surface area contributed by atoms with Gasteiger partial charge in [0.25, 0.3) is 0 Å². The molecule has 0 unspecified atom stereocenters. The fraction of sp³-hybridized carbons (Fsp3) is 0.333. The number of amides is 2. The van der Waals surface area contributed by atoms with Crippen LogP contribution in [0.1, 0.15) is 17.2 Å². The van der Waals surface area contributed by atoms with Crippen molar-refractivity contribution in [1.82, 2.24) is 15.1 Å². The van der Waals surface area contributed by atoms with Crippen LogP contribution in [0.25, 0.3) is 0 Å². The molecule has 0 atom stereocenters. The molecule has 0 aromatic heterocycles. The molecule has 1 aliphatic heterocycles. The Bertz CT molecular complexity index is 779. The number of nitrogens with one attached hydrogen (secondary N) is 1. The number of rotatable bonds is 9. The molecular weight excluding hydrogens is 378 g/mol. The van der Waals surface area contributed by atoms with Crippen LogP contribution in [-0.2, 0) is 14.3 Å². The molecule has 158 valence electrons. The second-order valence-electron chi connectivity index (χ2n) is 7.23. The second kappa shape index (κ2) is 11.3. The maximum Gasteiger partial charge on any atom is 0.248 e. The van der Waals surface area contributed by atoms with Gasteiger partial charge in [-0.3, -0.25) is 14.5 Å². The van der Waals surface area contributed by atoms with Crippen molar-refractivity contribution in [2.75, 3.05) is 45.9 Å². The molecule has 30 heavy (non-hydrogen) atoms. The highest BCUT2D eigenvalue weighted by molar-refractivity contribution is 5.79. The van der Waals surface area contributed by atoms with E-state index in [0.29, 0.717) is 19.6 Å². The number of piperazine rings is 1. The summed E-state index contributed by atoms with van der Waals surface area (Å²) in [4.78, 5) is 28.2. The molecule has 1 fully saturated rings. The Morgan fingerprint density at radius 2 is 1.50 bits per heavy atom. The molecule has 1 heterocycles. The number of carbonyl (C=O) groups excluding carboxylic acids is 2. The number of benzene rings is 2. The van der Waals surface area contributed by atoms with Gasteiger partial charge in [-0.25, -0.2) is 0 Å². The minimum Gasteiger partial charge on any atom is -0.362 e. The van der Waals surface area contributed by atoms with Crippen LogP contribution in [0.2, 0.25) is 0 Å². The Balaban J connectivity index is 1.54. The third-order valence-electron chi connectivity index (χ3n) is 5.16. The minimum atomic E-state index is -0.249. The first-order valence-corrected chi connectivity index (χ1v) is 10.3. The topological polar surface area (TPSA) is 61.9 Å². The predicted molar refractivity (Wildman–Crippen MR) is 117 cm³/mol. The van der Waals surface area contributed by atoms with Crippen molar-refractivity contribution in [3.8, 4) is 0 Å². The van der Waals surface area contributed by atoms with E-state index in [0.717, 1.165) is 13.1 Å². The van der Waals surface area contributed by atoms with Gasteiger partial charge in [-0.2, -0.15) is 0 Å². The quantitative estimate of drug-likeness (QED) is 0.648. The van der Waals surface area contributed by atoms with Gasteiger partial charge in [0.05, 0.1) is 6.04 Å². The van der Waals surface area contributed by atoms with E-state index in [2.05, 4.69) is 65.3 Å². The summed E-state index contributed by atoms with van der Waals surface area (Å²) < 4.78 is 5.27. The van der Waals surface area contributed by atoms with Gasteiger partial charge in [-0.05, 0) is 11.1 Å². The molecule has 2 aromatic carbocycles. The molecule has 0 radical (unpaired) electrons. The van der Waals surface area contributed by atoms with E-state index in [4.69, 9.17) is 4.74 Å². The van der Waals surface area contributed by atoms with Crippen LogP contribution in [-0.4, -0.2) is 67.6 Å². The van der Waals surface area contributed by atoms with Gasteiger partial charge in [0.2, 0.25) is 11.8 Å². The van der Waals surface area contributed by atoms with E-state index in [9.17, 15) is 9.59 Å². The average Bonchev–Trinajstić information content (AvgIpc) is 2.80. The molecule has 0 saturated carbocycles. The van der Waals surface area contributed by atoms with Crippen molar-refractivity contribution < 1.29 is 14.3 Å². The third kappa shape index (κ3) is 6.02. The first kappa shape index (κ1) is 21.7. The van der Waals surface area contributed by atoms with E-state index in [1.807, 2.05) is 17.0 Å². The van der Waals surface area contributed by atoms with Gasteiger partial charge >= 0.3 is 0 Å². The van der Waals surface area contributed by atoms with Crippen molar-refractivity contribution in [1.29, 1.82) is 0 Å². The first-order valence-electron chi connectivity index (χ1n) is 10.3. The Morgan fingerprint density at radius 1 is 0.933 bits per heavy atom. The fourth-order valence-corrected chi connectivity index (χ4v) is 3.67. The van der Waals surface area contributed by atoms with Gasteiger partial charge in [0.1, 0.15) is 13.2 Å². The summed E-state index contributed by atoms with van der Waals surface area (Å²) in [5, 5.41) is 2.62. The van der Waals surface area contributed by atoms with Crippen molar-refractivity contribution in [3.63, 3.8) is 0 Å². The molecule has 6 nitrogen and oxygen atoms in total. The van der Waals surface area contributed by atoms with Gasteiger partial charge in [-0.15, -0.1) is 6.58 Å². The zero-order chi connectivity index (χ0) is 21.2. The van der Waals surface area contributed by atoms with Crippen LogP contribution in [0.3, 0.4) is 0 Å². The Hall–Kier alpha value is -2.96. The van der Waals surface area contributed by atoms with E-state index in [-0.39, 0.29) is 31.1 Å². The Labute approximate surface area is 178 Å². The number of ether oxygens (including phenoxy) is 1. The summed E-state index contributed by atoms with van der Waals surface area (Å²) >= 11 is 0. The smallest absolute Gasteiger partial charge is 0.248 e. The number of hydrogen-bond donors (Lipinski definition) is 1. The summed E-state index contributed by atoms with van der Waals surface area (Å²) in [5.41, 5.74) is 2.50. The molecule has 1 N–H and O–H groups in total. The summed E-state index contributed by atoms with van der Waals surface area (Å²) in [6.45, 7) is 6.56. The summed E-state index contributed by atoms with van der Waals surface area (Å²) in [5.74, 6) is -0.330. The second-order valence-corrected chi connectivity index (χ2v) is 7.23. The van der Waals surface area contributed by atoms with Crippen molar-refractivity contribution >= 4 is 11.8 Å². The molecule has 1 aliphatic rings. The molecule has 2 aromatic rings. The van der Waals surface area contributed by atoms with E-state index in [1.165, 1.54) is 11.1 Å². The number of carbonyl (C=O) groups is 2. The van der Waals surface area contributed by atoms with Gasteiger partial charge in [0, 0.05) is 32.7 Å². The highest BCUT2D eigenvalue weighted by Gasteiger charge is 2.28. The first-order chi connectivity index (χ1) is 14.7. The maximum absolute atomic E-state index is 12.4. The zero-order valence-corrected chi connectivity index (χ0v) is 17.2. The lowest BCUT2D eigenvalue weighted by atomic mass is 9.96. The standard InChI is InChI=1S/C24H29N3O3/c1-2-13-25-22(28)18-30-19-23(29)26-14-16-27(17-15-26)24(20-9-5-3-6-10-20)21-11-7-4-8-12-21/h2-12,24H,1,13-19H2,(H,25,28). The molecule has 0 spiro atoms. The average molecular weight is 408 g/mol. The molecule has 2 amide bonds. The van der Waals surface area contributed by atoms with Crippen LogP contribution in [0.5, 0.6) is 0 Å². The lowest BCUT2D eigenvalue weighted by molar-refractivity contribution is -0.140. The summed E-state index contributed by atoms with van der Waals surface area (Å²) in [7, 11) is 0. The molecular formula is C24H29N3O3. The van der Waals surface area contributed by atoms with E-state index >= 15 is 0 Å². The summed E-state index contributed by atoms with van der Waals surface area (Å²) in [6, 6.07) is 21.1. The Morgan fingerprint density at radius 3 is 2.03 bits per heavy atom.